The smallest absolute Gasteiger partial charge is 0.147 e. The molecule has 2 aliphatic heterocycles. The molecular weight excluding hydrogens is 327 g/mol. The fourth-order valence-electron chi connectivity index (χ4n) is 4.87. The van der Waals surface area contributed by atoms with Crippen LogP contribution in [0.4, 0.5) is 15.8 Å². The molecule has 1 aromatic carbocycles. The molecule has 3 nitrogen and oxygen atoms in total. The molecule has 1 N–H and O–H groups in total. The number of aliphatic hydroxyl groups is 1. The van der Waals surface area contributed by atoms with E-state index in [0.29, 0.717) is 18.0 Å². The normalized spacial score (nSPS) is 28.7. The summed E-state index contributed by atoms with van der Waals surface area (Å²) in [4.78, 5) is 4.64. The Balaban J connectivity index is 1.57. The Bertz CT molecular complexity index is 701. The number of fused-ring (bicyclic) bond motifs is 1. The van der Waals surface area contributed by atoms with Crippen molar-refractivity contribution in [3.63, 3.8) is 0 Å². The third-order valence-corrected chi connectivity index (χ3v) is 6.77. The zero-order valence-corrected chi connectivity index (χ0v) is 16.2. The van der Waals surface area contributed by atoms with Crippen molar-refractivity contribution in [1.82, 2.24) is 0 Å². The first-order valence-corrected chi connectivity index (χ1v) is 10.1. The second-order valence-corrected chi connectivity index (χ2v) is 8.91. The van der Waals surface area contributed by atoms with Gasteiger partial charge in [-0.05, 0) is 70.9 Å². The number of hydrogen-bond donors (Lipinski definition) is 1. The Morgan fingerprint density at radius 3 is 2.35 bits per heavy atom. The number of benzene rings is 1. The molecule has 0 amide bonds. The summed E-state index contributed by atoms with van der Waals surface area (Å²) in [6.07, 6.45) is 9.64. The van der Waals surface area contributed by atoms with Crippen LogP contribution in [0, 0.1) is 11.7 Å². The van der Waals surface area contributed by atoms with E-state index in [2.05, 4.69) is 34.9 Å². The van der Waals surface area contributed by atoms with Crippen molar-refractivity contribution in [1.29, 1.82) is 0 Å². The van der Waals surface area contributed by atoms with Crippen LogP contribution in [0.2, 0.25) is 0 Å². The third kappa shape index (κ3) is 3.13. The van der Waals surface area contributed by atoms with Crippen molar-refractivity contribution >= 4 is 17.5 Å². The van der Waals surface area contributed by atoms with Crippen LogP contribution >= 0.6 is 0 Å². The maximum absolute atomic E-state index is 14.7. The number of halogens is 1. The Hall–Kier alpha value is -1.55. The average Bonchev–Trinajstić information content (AvgIpc) is 2.60. The Labute approximate surface area is 156 Å². The minimum atomic E-state index is -0.589. The maximum atomic E-state index is 14.7. The molecule has 1 aliphatic carbocycles. The average molecular weight is 359 g/mol. The summed E-state index contributed by atoms with van der Waals surface area (Å²) in [5.41, 5.74) is 2.34. The zero-order valence-electron chi connectivity index (χ0n) is 16.2. The summed E-state index contributed by atoms with van der Waals surface area (Å²) in [6, 6.07) is 4.69. The molecule has 1 atom stereocenters. The van der Waals surface area contributed by atoms with Crippen LogP contribution in [-0.4, -0.2) is 35.9 Å². The summed E-state index contributed by atoms with van der Waals surface area (Å²) in [7, 11) is 0. The second-order valence-electron chi connectivity index (χ2n) is 8.91. The minimum Gasteiger partial charge on any atom is -0.390 e. The summed E-state index contributed by atoms with van der Waals surface area (Å²) < 4.78 is 14.7. The molecule has 3 aliphatic rings. The second kappa shape index (κ2) is 6.56. The quantitative estimate of drug-likeness (QED) is 0.856. The highest BCUT2D eigenvalue weighted by Crippen LogP contribution is 2.41. The van der Waals surface area contributed by atoms with Gasteiger partial charge in [0.2, 0.25) is 0 Å². The monoisotopic (exact) mass is 358 g/mol. The van der Waals surface area contributed by atoms with Gasteiger partial charge in [-0.2, -0.15) is 0 Å². The van der Waals surface area contributed by atoms with Gasteiger partial charge in [-0.15, -0.1) is 0 Å². The summed E-state index contributed by atoms with van der Waals surface area (Å²) in [5, 5.41) is 10.3. The van der Waals surface area contributed by atoms with Gasteiger partial charge >= 0.3 is 0 Å². The SMILES string of the molecule is CC1CCN1c1cc2c(cc1F)C=CCN2C1CCC(C(C)(C)O)CC1. The lowest BCUT2D eigenvalue weighted by Crippen LogP contribution is -2.46. The number of nitrogens with zero attached hydrogens (tertiary/aromatic N) is 2. The molecule has 0 radical (unpaired) electrons. The molecule has 4 heteroatoms. The summed E-state index contributed by atoms with van der Waals surface area (Å²) in [5.74, 6) is 0.275. The number of rotatable bonds is 3. The van der Waals surface area contributed by atoms with Crippen molar-refractivity contribution in [3.8, 4) is 0 Å². The van der Waals surface area contributed by atoms with Gasteiger partial charge in [-0.1, -0.05) is 12.2 Å². The van der Waals surface area contributed by atoms with Gasteiger partial charge in [-0.3, -0.25) is 0 Å². The van der Waals surface area contributed by atoms with Crippen LogP contribution in [0.1, 0.15) is 58.4 Å². The van der Waals surface area contributed by atoms with E-state index in [0.717, 1.165) is 56.4 Å². The van der Waals surface area contributed by atoms with Gasteiger partial charge in [0.05, 0.1) is 11.3 Å². The van der Waals surface area contributed by atoms with Crippen molar-refractivity contribution in [3.05, 3.63) is 29.6 Å². The van der Waals surface area contributed by atoms with Crippen molar-refractivity contribution in [2.75, 3.05) is 22.9 Å². The van der Waals surface area contributed by atoms with E-state index in [1.54, 1.807) is 6.07 Å². The van der Waals surface area contributed by atoms with E-state index in [4.69, 9.17) is 0 Å². The first-order chi connectivity index (χ1) is 12.3. The topological polar surface area (TPSA) is 26.7 Å². The molecular formula is C22H31FN2O. The largest absolute Gasteiger partial charge is 0.390 e. The molecule has 0 spiro atoms. The molecule has 0 aromatic heterocycles. The van der Waals surface area contributed by atoms with Crippen molar-refractivity contribution in [2.24, 2.45) is 5.92 Å². The lowest BCUT2D eigenvalue weighted by molar-refractivity contribution is -0.00149. The zero-order chi connectivity index (χ0) is 18.5. The van der Waals surface area contributed by atoms with Crippen LogP contribution in [0.3, 0.4) is 0 Å². The molecule has 26 heavy (non-hydrogen) atoms. The minimum absolute atomic E-state index is 0.104. The maximum Gasteiger partial charge on any atom is 0.147 e. The molecule has 1 aromatic rings. The van der Waals surface area contributed by atoms with E-state index in [-0.39, 0.29) is 5.82 Å². The van der Waals surface area contributed by atoms with Crippen LogP contribution in [0.5, 0.6) is 0 Å². The highest BCUT2D eigenvalue weighted by molar-refractivity contribution is 5.76. The van der Waals surface area contributed by atoms with Gasteiger partial charge in [0, 0.05) is 36.4 Å². The van der Waals surface area contributed by atoms with Crippen molar-refractivity contribution < 1.29 is 9.50 Å². The summed E-state index contributed by atoms with van der Waals surface area (Å²) in [6.45, 7) is 7.87. The molecule has 1 saturated heterocycles. The van der Waals surface area contributed by atoms with E-state index < -0.39 is 5.60 Å². The third-order valence-electron chi connectivity index (χ3n) is 6.77. The predicted molar refractivity (Wildman–Crippen MR) is 106 cm³/mol. The molecule has 1 unspecified atom stereocenters. The lowest BCUT2D eigenvalue weighted by atomic mass is 9.76. The van der Waals surface area contributed by atoms with Crippen LogP contribution in [0.15, 0.2) is 18.2 Å². The molecule has 0 bridgehead atoms. The Kier molecular flexibility index (Phi) is 4.50. The van der Waals surface area contributed by atoms with Gasteiger partial charge in [-0.25, -0.2) is 4.39 Å². The van der Waals surface area contributed by atoms with Crippen molar-refractivity contribution in [2.45, 2.75) is 70.6 Å². The van der Waals surface area contributed by atoms with Crippen LogP contribution in [-0.2, 0) is 0 Å². The first kappa shape index (κ1) is 17.8. The van der Waals surface area contributed by atoms with Gasteiger partial charge in [0.25, 0.3) is 0 Å². The standard InChI is InChI=1S/C22H31FN2O/c1-15-10-12-24(15)21-14-20-16(13-19(21)23)5-4-11-25(20)18-8-6-17(7-9-18)22(2,3)26/h4-5,13-15,17-18,26H,6-12H2,1-3H3. The highest BCUT2D eigenvalue weighted by atomic mass is 19.1. The van der Waals surface area contributed by atoms with Crippen LogP contribution in [0.25, 0.3) is 6.08 Å². The van der Waals surface area contributed by atoms with Gasteiger partial charge in [0.1, 0.15) is 5.82 Å². The van der Waals surface area contributed by atoms with E-state index in [9.17, 15) is 9.50 Å². The van der Waals surface area contributed by atoms with E-state index in [1.807, 2.05) is 13.8 Å². The highest BCUT2D eigenvalue weighted by Gasteiger charge is 2.35. The molecule has 2 fully saturated rings. The van der Waals surface area contributed by atoms with E-state index >= 15 is 0 Å². The molecule has 1 saturated carbocycles. The fraction of sp³-hybridized carbons (Fsp3) is 0.636. The predicted octanol–water partition coefficient (Wildman–Crippen LogP) is 4.59. The van der Waals surface area contributed by atoms with E-state index in [1.165, 1.54) is 5.69 Å². The Morgan fingerprint density at radius 2 is 1.77 bits per heavy atom. The number of anilines is 2. The molecule has 4 rings (SSSR count). The number of hydrogen-bond acceptors (Lipinski definition) is 3. The van der Waals surface area contributed by atoms with Gasteiger partial charge in [0.15, 0.2) is 0 Å². The summed E-state index contributed by atoms with van der Waals surface area (Å²) >= 11 is 0. The first-order valence-electron chi connectivity index (χ1n) is 10.1. The lowest BCUT2D eigenvalue weighted by Gasteiger charge is -2.44. The van der Waals surface area contributed by atoms with Gasteiger partial charge < -0.3 is 14.9 Å². The molecule has 2 heterocycles. The fourth-order valence-corrected chi connectivity index (χ4v) is 4.87. The van der Waals surface area contributed by atoms with Crippen LogP contribution < -0.4 is 9.80 Å². The Morgan fingerprint density at radius 1 is 1.04 bits per heavy atom. The molecule has 142 valence electrons.